The topological polar surface area (TPSA) is 94.2 Å². The van der Waals surface area contributed by atoms with Gasteiger partial charge in [0, 0.05) is 5.56 Å². The number of nitrogens with one attached hydrogen (secondary N) is 1. The van der Waals surface area contributed by atoms with Crippen molar-refractivity contribution in [2.75, 3.05) is 6.61 Å². The Morgan fingerprint density at radius 3 is 2.29 bits per heavy atom. The number of hydrogen-bond acceptors (Lipinski definition) is 6. The normalized spacial score (nSPS) is 10.7. The predicted octanol–water partition coefficient (Wildman–Crippen LogP) is 3.88. The van der Waals surface area contributed by atoms with Crippen molar-refractivity contribution in [2.24, 2.45) is 0 Å². The molecule has 7 heteroatoms. The molecule has 28 heavy (non-hydrogen) atoms. The van der Waals surface area contributed by atoms with Crippen LogP contribution in [-0.2, 0) is 9.47 Å². The molecule has 0 atom stereocenters. The zero-order chi connectivity index (χ0) is 20.1. The number of rotatable bonds is 6. The van der Waals surface area contributed by atoms with Crippen molar-refractivity contribution < 1.29 is 19.1 Å². The number of esters is 2. The molecule has 0 amide bonds. The van der Waals surface area contributed by atoms with Crippen molar-refractivity contribution in [2.45, 2.75) is 26.9 Å². The number of benzene rings is 2. The molecule has 0 aliphatic rings. The third kappa shape index (κ3) is 4.09. The first-order valence-corrected chi connectivity index (χ1v) is 9.00. The molecule has 0 unspecified atom stereocenters. The van der Waals surface area contributed by atoms with Crippen LogP contribution in [-0.4, -0.2) is 40.1 Å². The summed E-state index contributed by atoms with van der Waals surface area (Å²) in [5, 5.41) is 10.6. The van der Waals surface area contributed by atoms with Gasteiger partial charge in [0.1, 0.15) is 5.69 Å². The number of aromatic amines is 1. The average Bonchev–Trinajstić information content (AvgIpc) is 3.17. The molecule has 0 radical (unpaired) electrons. The summed E-state index contributed by atoms with van der Waals surface area (Å²) in [7, 11) is 0. The van der Waals surface area contributed by atoms with E-state index in [1.807, 2.05) is 50.2 Å². The van der Waals surface area contributed by atoms with E-state index in [4.69, 9.17) is 9.47 Å². The van der Waals surface area contributed by atoms with E-state index >= 15 is 0 Å². The summed E-state index contributed by atoms with van der Waals surface area (Å²) < 4.78 is 10.3. The SMILES string of the molecule is CCOC(=O)c1n[nH]nc1-c1ccccc1-c1ccc(C(=O)OC(C)C)cc1. The van der Waals surface area contributed by atoms with Gasteiger partial charge in [-0.05, 0) is 44.0 Å². The summed E-state index contributed by atoms with van der Waals surface area (Å²) in [5.41, 5.74) is 3.48. The molecule has 144 valence electrons. The molecule has 0 aliphatic heterocycles. The Morgan fingerprint density at radius 2 is 1.64 bits per heavy atom. The number of ether oxygens (including phenoxy) is 2. The second-order valence-corrected chi connectivity index (χ2v) is 6.32. The van der Waals surface area contributed by atoms with Crippen LogP contribution in [0.5, 0.6) is 0 Å². The second kappa shape index (κ2) is 8.47. The highest BCUT2D eigenvalue weighted by Crippen LogP contribution is 2.32. The Kier molecular flexibility index (Phi) is 5.84. The fourth-order valence-electron chi connectivity index (χ4n) is 2.77. The molecule has 3 aromatic rings. The van der Waals surface area contributed by atoms with Gasteiger partial charge < -0.3 is 9.47 Å². The minimum Gasteiger partial charge on any atom is -0.461 e. The number of nitrogens with zero attached hydrogens (tertiary/aromatic N) is 2. The van der Waals surface area contributed by atoms with Crippen LogP contribution in [0.25, 0.3) is 22.4 Å². The van der Waals surface area contributed by atoms with Gasteiger partial charge in [0.15, 0.2) is 5.69 Å². The van der Waals surface area contributed by atoms with E-state index in [2.05, 4.69) is 15.4 Å². The summed E-state index contributed by atoms with van der Waals surface area (Å²) in [6, 6.07) is 14.6. The first-order valence-electron chi connectivity index (χ1n) is 9.00. The number of carbonyl (C=O) groups is 2. The van der Waals surface area contributed by atoms with E-state index in [0.29, 0.717) is 11.3 Å². The Morgan fingerprint density at radius 1 is 0.964 bits per heavy atom. The van der Waals surface area contributed by atoms with Gasteiger partial charge in [-0.3, -0.25) is 0 Å². The maximum absolute atomic E-state index is 12.2. The van der Waals surface area contributed by atoms with Gasteiger partial charge >= 0.3 is 11.9 Å². The lowest BCUT2D eigenvalue weighted by Crippen LogP contribution is -2.11. The van der Waals surface area contributed by atoms with Crippen LogP contribution in [0, 0.1) is 0 Å². The molecule has 7 nitrogen and oxygen atoms in total. The van der Waals surface area contributed by atoms with Gasteiger partial charge in [-0.15, -0.1) is 5.10 Å². The van der Waals surface area contributed by atoms with Crippen LogP contribution < -0.4 is 0 Å². The maximum atomic E-state index is 12.2. The van der Waals surface area contributed by atoms with Gasteiger partial charge in [-0.2, -0.15) is 10.3 Å². The lowest BCUT2D eigenvalue weighted by atomic mass is 9.96. The van der Waals surface area contributed by atoms with Crippen LogP contribution in [0.15, 0.2) is 48.5 Å². The first kappa shape index (κ1) is 19.3. The van der Waals surface area contributed by atoms with Crippen LogP contribution in [0.1, 0.15) is 41.6 Å². The van der Waals surface area contributed by atoms with E-state index in [9.17, 15) is 9.59 Å². The zero-order valence-electron chi connectivity index (χ0n) is 15.9. The third-order valence-corrected chi connectivity index (χ3v) is 3.97. The number of carbonyl (C=O) groups excluding carboxylic acids is 2. The Hall–Kier alpha value is -3.48. The van der Waals surface area contributed by atoms with Gasteiger partial charge in [0.25, 0.3) is 0 Å². The molecule has 0 fully saturated rings. The van der Waals surface area contributed by atoms with Crippen molar-refractivity contribution >= 4 is 11.9 Å². The fourth-order valence-corrected chi connectivity index (χ4v) is 2.77. The number of hydrogen-bond donors (Lipinski definition) is 1. The van der Waals surface area contributed by atoms with Gasteiger partial charge in [-0.25, -0.2) is 9.59 Å². The van der Waals surface area contributed by atoms with Gasteiger partial charge in [0.05, 0.1) is 18.3 Å². The van der Waals surface area contributed by atoms with E-state index in [1.54, 1.807) is 19.1 Å². The van der Waals surface area contributed by atoms with Crippen molar-refractivity contribution in [1.29, 1.82) is 0 Å². The van der Waals surface area contributed by atoms with E-state index in [1.165, 1.54) is 0 Å². The molecule has 1 N–H and O–H groups in total. The largest absolute Gasteiger partial charge is 0.461 e. The molecule has 2 aromatic carbocycles. The van der Waals surface area contributed by atoms with Crippen LogP contribution >= 0.6 is 0 Å². The monoisotopic (exact) mass is 379 g/mol. The van der Waals surface area contributed by atoms with Crippen LogP contribution in [0.4, 0.5) is 0 Å². The number of H-pyrrole nitrogens is 1. The highest BCUT2D eigenvalue weighted by Gasteiger charge is 2.21. The lowest BCUT2D eigenvalue weighted by molar-refractivity contribution is 0.0377. The minimum absolute atomic E-state index is 0.131. The molecule has 0 spiro atoms. The smallest absolute Gasteiger partial charge is 0.361 e. The lowest BCUT2D eigenvalue weighted by Gasteiger charge is -2.11. The van der Waals surface area contributed by atoms with E-state index in [-0.39, 0.29) is 24.4 Å². The Labute approximate surface area is 162 Å². The molecule has 1 aromatic heterocycles. The van der Waals surface area contributed by atoms with Crippen LogP contribution in [0.3, 0.4) is 0 Å². The summed E-state index contributed by atoms with van der Waals surface area (Å²) in [6.45, 7) is 5.60. The molecule has 0 saturated carbocycles. The summed E-state index contributed by atoms with van der Waals surface area (Å²) >= 11 is 0. The molecule has 0 saturated heterocycles. The predicted molar refractivity (Wildman–Crippen MR) is 104 cm³/mol. The second-order valence-electron chi connectivity index (χ2n) is 6.32. The molecular formula is C21H21N3O4. The summed E-state index contributed by atoms with van der Waals surface area (Å²) in [5.74, 6) is -0.899. The van der Waals surface area contributed by atoms with Gasteiger partial charge in [-0.1, -0.05) is 36.4 Å². The van der Waals surface area contributed by atoms with Crippen molar-refractivity contribution in [3.8, 4) is 22.4 Å². The van der Waals surface area contributed by atoms with Crippen LogP contribution in [0.2, 0.25) is 0 Å². The molecule has 0 bridgehead atoms. The van der Waals surface area contributed by atoms with Crippen molar-refractivity contribution in [1.82, 2.24) is 15.4 Å². The highest BCUT2D eigenvalue weighted by atomic mass is 16.5. The highest BCUT2D eigenvalue weighted by molar-refractivity contribution is 5.97. The quantitative estimate of drug-likeness (QED) is 0.653. The van der Waals surface area contributed by atoms with E-state index in [0.717, 1.165) is 16.7 Å². The average molecular weight is 379 g/mol. The van der Waals surface area contributed by atoms with Gasteiger partial charge in [0.2, 0.25) is 0 Å². The molecule has 0 aliphatic carbocycles. The molecule has 1 heterocycles. The first-order chi connectivity index (χ1) is 13.5. The summed E-state index contributed by atoms with van der Waals surface area (Å²) in [6.07, 6.45) is -0.179. The minimum atomic E-state index is -0.534. The maximum Gasteiger partial charge on any atom is 0.361 e. The number of aromatic nitrogens is 3. The summed E-state index contributed by atoms with van der Waals surface area (Å²) in [4.78, 5) is 24.2. The van der Waals surface area contributed by atoms with Crippen molar-refractivity contribution in [3.63, 3.8) is 0 Å². The fraction of sp³-hybridized carbons (Fsp3) is 0.238. The van der Waals surface area contributed by atoms with E-state index < -0.39 is 5.97 Å². The zero-order valence-corrected chi connectivity index (χ0v) is 15.9. The Balaban J connectivity index is 1.97. The Bertz CT molecular complexity index is 977. The standard InChI is InChI=1S/C21H21N3O4/c1-4-27-21(26)19-18(22-24-23-19)17-8-6-5-7-16(17)14-9-11-15(12-10-14)20(25)28-13(2)3/h5-13H,4H2,1-3H3,(H,22,23,24). The molecular weight excluding hydrogens is 358 g/mol. The van der Waals surface area contributed by atoms with Crippen molar-refractivity contribution in [3.05, 3.63) is 59.8 Å². The third-order valence-electron chi connectivity index (χ3n) is 3.97. The molecule has 3 rings (SSSR count).